The van der Waals surface area contributed by atoms with Crippen LogP contribution in [0.2, 0.25) is 0 Å². The molecule has 108 valence electrons. The molecule has 0 N–H and O–H groups in total. The van der Waals surface area contributed by atoms with Crippen molar-refractivity contribution < 1.29 is 4.43 Å². The van der Waals surface area contributed by atoms with Crippen molar-refractivity contribution in [3.05, 3.63) is 29.3 Å². The standard InChI is InChI=1S/C17H30OSi/c1-12(2)18-19-14-11-9-10-13(16(3,4)5)15(14)17(6,7)8/h9-12H,19H2,1-8H3. The summed E-state index contributed by atoms with van der Waals surface area (Å²) in [5.74, 6) is 0. The van der Waals surface area contributed by atoms with E-state index in [4.69, 9.17) is 4.43 Å². The van der Waals surface area contributed by atoms with E-state index >= 15 is 0 Å². The Morgan fingerprint density at radius 3 is 1.95 bits per heavy atom. The highest BCUT2D eigenvalue weighted by Crippen LogP contribution is 2.32. The first-order valence-electron chi connectivity index (χ1n) is 7.28. The van der Waals surface area contributed by atoms with Crippen LogP contribution in [0.5, 0.6) is 0 Å². The van der Waals surface area contributed by atoms with E-state index in [0.717, 1.165) is 0 Å². The van der Waals surface area contributed by atoms with Crippen molar-refractivity contribution in [2.75, 3.05) is 0 Å². The van der Waals surface area contributed by atoms with Crippen LogP contribution in [0.3, 0.4) is 0 Å². The van der Waals surface area contributed by atoms with Crippen molar-refractivity contribution in [2.45, 2.75) is 72.3 Å². The van der Waals surface area contributed by atoms with Gasteiger partial charge in [-0.15, -0.1) is 0 Å². The van der Waals surface area contributed by atoms with Gasteiger partial charge in [-0.25, -0.2) is 0 Å². The van der Waals surface area contributed by atoms with Gasteiger partial charge < -0.3 is 4.43 Å². The minimum Gasteiger partial charge on any atom is -0.416 e. The highest BCUT2D eigenvalue weighted by Gasteiger charge is 2.27. The molecule has 0 aliphatic rings. The summed E-state index contributed by atoms with van der Waals surface area (Å²) in [6.45, 7) is 18.1. The highest BCUT2D eigenvalue weighted by molar-refractivity contribution is 6.47. The van der Waals surface area contributed by atoms with Gasteiger partial charge in [0.2, 0.25) is 0 Å². The summed E-state index contributed by atoms with van der Waals surface area (Å²) < 4.78 is 5.97. The van der Waals surface area contributed by atoms with Gasteiger partial charge in [0.05, 0.1) is 0 Å². The zero-order chi connectivity index (χ0) is 14.8. The van der Waals surface area contributed by atoms with Crippen molar-refractivity contribution in [1.82, 2.24) is 0 Å². The number of hydrogen-bond acceptors (Lipinski definition) is 1. The smallest absolute Gasteiger partial charge is 0.192 e. The van der Waals surface area contributed by atoms with E-state index in [1.807, 2.05) is 0 Å². The van der Waals surface area contributed by atoms with E-state index in [0.29, 0.717) is 6.10 Å². The molecule has 0 heterocycles. The maximum atomic E-state index is 5.97. The van der Waals surface area contributed by atoms with Crippen LogP contribution in [-0.2, 0) is 15.3 Å². The zero-order valence-electron chi connectivity index (χ0n) is 13.9. The third kappa shape index (κ3) is 4.46. The van der Waals surface area contributed by atoms with Gasteiger partial charge in [0, 0.05) is 6.10 Å². The zero-order valence-corrected chi connectivity index (χ0v) is 15.3. The molecule has 0 unspecified atom stereocenters. The average Bonchev–Trinajstić information content (AvgIpc) is 2.23. The van der Waals surface area contributed by atoms with E-state index in [9.17, 15) is 0 Å². The summed E-state index contributed by atoms with van der Waals surface area (Å²) in [7, 11) is -0.647. The van der Waals surface area contributed by atoms with Crippen LogP contribution >= 0.6 is 0 Å². The van der Waals surface area contributed by atoms with Gasteiger partial charge in [-0.3, -0.25) is 0 Å². The van der Waals surface area contributed by atoms with Crippen molar-refractivity contribution >= 4 is 14.9 Å². The van der Waals surface area contributed by atoms with Crippen LogP contribution in [0.25, 0.3) is 0 Å². The molecule has 1 aromatic carbocycles. The first-order valence-corrected chi connectivity index (χ1v) is 8.56. The molecule has 0 aliphatic heterocycles. The molecule has 0 aliphatic carbocycles. The Morgan fingerprint density at radius 1 is 0.947 bits per heavy atom. The van der Waals surface area contributed by atoms with E-state index in [1.165, 1.54) is 16.3 Å². The largest absolute Gasteiger partial charge is 0.416 e. The topological polar surface area (TPSA) is 9.23 Å². The summed E-state index contributed by atoms with van der Waals surface area (Å²) in [6, 6.07) is 6.75. The molecule has 1 rings (SSSR count). The first-order chi connectivity index (χ1) is 8.53. The second-order valence-corrected chi connectivity index (χ2v) is 9.08. The van der Waals surface area contributed by atoms with Crippen LogP contribution in [-0.4, -0.2) is 15.9 Å². The van der Waals surface area contributed by atoms with Gasteiger partial charge in [0.25, 0.3) is 0 Å². The van der Waals surface area contributed by atoms with Crippen molar-refractivity contribution in [3.8, 4) is 0 Å². The average molecular weight is 279 g/mol. The van der Waals surface area contributed by atoms with Crippen molar-refractivity contribution in [1.29, 1.82) is 0 Å². The van der Waals surface area contributed by atoms with Crippen molar-refractivity contribution in [2.24, 2.45) is 0 Å². The Balaban J connectivity index is 3.32. The molecule has 0 fully saturated rings. The van der Waals surface area contributed by atoms with E-state index in [-0.39, 0.29) is 10.8 Å². The predicted octanol–water partition coefficient (Wildman–Crippen LogP) is 3.42. The fourth-order valence-corrected chi connectivity index (χ4v) is 4.10. The molecule has 0 amide bonds. The molecule has 0 radical (unpaired) electrons. The van der Waals surface area contributed by atoms with Gasteiger partial charge in [0.1, 0.15) is 0 Å². The molecular weight excluding hydrogens is 248 g/mol. The minimum atomic E-state index is -0.647. The van der Waals surface area contributed by atoms with Crippen molar-refractivity contribution in [3.63, 3.8) is 0 Å². The van der Waals surface area contributed by atoms with Gasteiger partial charge >= 0.3 is 0 Å². The SMILES string of the molecule is CC(C)O[SiH2]c1cccc(C(C)(C)C)c1C(C)(C)C. The molecule has 0 atom stereocenters. The quantitative estimate of drug-likeness (QED) is 0.770. The molecule has 2 heteroatoms. The second kappa shape index (κ2) is 5.80. The van der Waals surface area contributed by atoms with E-state index in [2.05, 4.69) is 73.6 Å². The molecule has 1 nitrogen and oxygen atoms in total. The summed E-state index contributed by atoms with van der Waals surface area (Å²) in [5.41, 5.74) is 3.34. The molecule has 0 spiro atoms. The van der Waals surface area contributed by atoms with E-state index in [1.54, 1.807) is 0 Å². The number of hydrogen-bond donors (Lipinski definition) is 0. The van der Waals surface area contributed by atoms with Crippen LogP contribution in [0.4, 0.5) is 0 Å². The second-order valence-electron chi connectivity index (χ2n) is 7.70. The Labute approximate surface area is 121 Å². The van der Waals surface area contributed by atoms with Crippen LogP contribution in [0.15, 0.2) is 18.2 Å². The normalized spacial score (nSPS) is 13.7. The Bertz CT molecular complexity index is 422. The fourth-order valence-electron chi connectivity index (χ4n) is 2.49. The van der Waals surface area contributed by atoms with E-state index < -0.39 is 9.76 Å². The van der Waals surface area contributed by atoms with Gasteiger partial charge in [-0.2, -0.15) is 0 Å². The Morgan fingerprint density at radius 2 is 1.53 bits per heavy atom. The summed E-state index contributed by atoms with van der Waals surface area (Å²) >= 11 is 0. The Kier molecular flexibility index (Phi) is 5.02. The van der Waals surface area contributed by atoms with Gasteiger partial charge in [-0.05, 0) is 41.0 Å². The third-order valence-corrected chi connectivity index (χ3v) is 5.01. The lowest BCUT2D eigenvalue weighted by atomic mass is 9.75. The third-order valence-electron chi connectivity index (χ3n) is 3.28. The lowest BCUT2D eigenvalue weighted by Crippen LogP contribution is -2.34. The predicted molar refractivity (Wildman–Crippen MR) is 88.2 cm³/mol. The first kappa shape index (κ1) is 16.5. The molecule has 19 heavy (non-hydrogen) atoms. The molecular formula is C17H30OSi. The summed E-state index contributed by atoms with van der Waals surface area (Å²) in [4.78, 5) is 0. The highest BCUT2D eigenvalue weighted by atomic mass is 28.2. The lowest BCUT2D eigenvalue weighted by Gasteiger charge is -2.32. The number of rotatable bonds is 3. The fraction of sp³-hybridized carbons (Fsp3) is 0.647. The Hall–Kier alpha value is -0.603. The van der Waals surface area contributed by atoms with Gasteiger partial charge in [-0.1, -0.05) is 59.7 Å². The van der Waals surface area contributed by atoms with Gasteiger partial charge in [0.15, 0.2) is 9.76 Å². The summed E-state index contributed by atoms with van der Waals surface area (Å²) in [6.07, 6.45) is 0.331. The maximum Gasteiger partial charge on any atom is 0.192 e. The molecule has 0 saturated heterocycles. The van der Waals surface area contributed by atoms with Crippen LogP contribution in [0, 0.1) is 0 Å². The minimum absolute atomic E-state index is 0.173. The maximum absolute atomic E-state index is 5.97. The number of benzene rings is 1. The van der Waals surface area contributed by atoms with Crippen LogP contribution in [0.1, 0.15) is 66.5 Å². The molecule has 0 aromatic heterocycles. The monoisotopic (exact) mass is 278 g/mol. The molecule has 0 bridgehead atoms. The molecule has 0 saturated carbocycles. The summed E-state index contributed by atoms with van der Waals surface area (Å²) in [5, 5.41) is 1.47. The molecule has 1 aromatic rings. The lowest BCUT2D eigenvalue weighted by molar-refractivity contribution is 0.260. The van der Waals surface area contributed by atoms with Crippen LogP contribution < -0.4 is 5.19 Å².